The largest absolute Gasteiger partial charge is 0.456 e. The number of carbonyl (C=O) groups is 3. The van der Waals surface area contributed by atoms with E-state index in [0.717, 1.165) is 5.56 Å². The van der Waals surface area contributed by atoms with Gasteiger partial charge in [-0.2, -0.15) is 0 Å². The minimum Gasteiger partial charge on any atom is -0.456 e. The van der Waals surface area contributed by atoms with Gasteiger partial charge < -0.3 is 29.6 Å². The molecular formula is C20H28N2O7. The number of alkyl carbamates (subject to hydrolysis) is 1. The third-order valence-electron chi connectivity index (χ3n) is 3.86. The van der Waals surface area contributed by atoms with E-state index < -0.39 is 23.6 Å². The highest BCUT2D eigenvalue weighted by atomic mass is 16.7. The molecular weight excluding hydrogens is 380 g/mol. The summed E-state index contributed by atoms with van der Waals surface area (Å²) in [6.07, 6.45) is -0.0728. The summed E-state index contributed by atoms with van der Waals surface area (Å²) in [5.74, 6) is 0.384. The number of nitrogens with one attached hydrogen (secondary N) is 2. The number of esters is 1. The molecule has 1 atom stereocenters. The average Bonchev–Trinajstić information content (AvgIpc) is 3.09. The minimum atomic E-state index is -0.575. The molecule has 1 aliphatic rings. The van der Waals surface area contributed by atoms with E-state index >= 15 is 0 Å². The van der Waals surface area contributed by atoms with Gasteiger partial charge in [0.05, 0.1) is 6.04 Å². The number of hydrogen-bond donors (Lipinski definition) is 2. The molecule has 0 spiro atoms. The van der Waals surface area contributed by atoms with Crippen molar-refractivity contribution in [2.45, 2.75) is 52.2 Å². The summed E-state index contributed by atoms with van der Waals surface area (Å²) in [6, 6.07) is 5.14. The summed E-state index contributed by atoms with van der Waals surface area (Å²) in [5, 5.41) is 5.31. The van der Waals surface area contributed by atoms with Crippen molar-refractivity contribution in [3.05, 3.63) is 23.8 Å². The van der Waals surface area contributed by atoms with Gasteiger partial charge in [-0.05, 0) is 51.8 Å². The molecule has 0 unspecified atom stereocenters. The highest BCUT2D eigenvalue weighted by Crippen LogP contribution is 2.34. The molecule has 0 radical (unpaired) electrons. The number of benzene rings is 1. The van der Waals surface area contributed by atoms with Crippen LogP contribution < -0.4 is 20.1 Å². The summed E-state index contributed by atoms with van der Waals surface area (Å²) >= 11 is 0. The zero-order valence-corrected chi connectivity index (χ0v) is 17.2. The smallest absolute Gasteiger partial charge is 0.407 e. The fraction of sp³-hybridized carbons (Fsp3) is 0.550. The van der Waals surface area contributed by atoms with Crippen LogP contribution in [0.5, 0.6) is 11.5 Å². The Balaban J connectivity index is 1.62. The molecule has 2 amide bonds. The quantitative estimate of drug-likeness (QED) is 0.502. The Morgan fingerprint density at radius 1 is 1.17 bits per heavy atom. The Hall–Kier alpha value is -2.97. The van der Waals surface area contributed by atoms with E-state index in [1.165, 1.54) is 0 Å². The zero-order chi connectivity index (χ0) is 21.4. The summed E-state index contributed by atoms with van der Waals surface area (Å²) in [5.41, 5.74) is 0.274. The van der Waals surface area contributed by atoms with E-state index in [-0.39, 0.29) is 32.4 Å². The van der Waals surface area contributed by atoms with Crippen molar-refractivity contribution >= 4 is 18.0 Å². The van der Waals surface area contributed by atoms with Crippen molar-refractivity contribution in [3.8, 4) is 11.5 Å². The van der Waals surface area contributed by atoms with Gasteiger partial charge in [0, 0.05) is 13.0 Å². The molecule has 29 heavy (non-hydrogen) atoms. The van der Waals surface area contributed by atoms with Crippen molar-refractivity contribution < 1.29 is 33.3 Å². The number of amides is 2. The van der Waals surface area contributed by atoms with Gasteiger partial charge in [0.25, 0.3) is 5.91 Å². The lowest BCUT2D eigenvalue weighted by molar-refractivity contribution is -0.148. The van der Waals surface area contributed by atoms with E-state index in [0.29, 0.717) is 17.9 Å². The van der Waals surface area contributed by atoms with Gasteiger partial charge in [-0.1, -0.05) is 6.07 Å². The molecule has 0 aromatic heterocycles. The third kappa shape index (κ3) is 7.89. The van der Waals surface area contributed by atoms with Crippen LogP contribution in [0.4, 0.5) is 4.79 Å². The number of rotatable bonds is 8. The standard InChI is InChI=1S/C20H28N2O7/c1-13(14-7-8-15-16(10-14)28-12-27-15)22-17(23)11-26-18(24)6-5-9-21-19(25)29-20(2,3)4/h7-8,10,13H,5-6,9,11-12H2,1-4H3,(H,21,25)(H,22,23)/t13-/m1/s1. The highest BCUT2D eigenvalue weighted by Gasteiger charge is 2.18. The summed E-state index contributed by atoms with van der Waals surface area (Å²) in [6.45, 7) is 7.21. The Bertz CT molecular complexity index is 743. The molecule has 0 bridgehead atoms. The second-order valence-corrected chi connectivity index (χ2v) is 7.59. The summed E-state index contributed by atoms with van der Waals surface area (Å²) in [7, 11) is 0. The van der Waals surface area contributed by atoms with Crippen LogP contribution in [0.2, 0.25) is 0 Å². The van der Waals surface area contributed by atoms with Crippen molar-refractivity contribution in [1.29, 1.82) is 0 Å². The lowest BCUT2D eigenvalue weighted by Gasteiger charge is -2.19. The van der Waals surface area contributed by atoms with Gasteiger partial charge in [0.2, 0.25) is 6.79 Å². The third-order valence-corrected chi connectivity index (χ3v) is 3.86. The lowest BCUT2D eigenvalue weighted by atomic mass is 10.1. The first kappa shape index (κ1) is 22.3. The number of carbonyl (C=O) groups excluding carboxylic acids is 3. The Kier molecular flexibility index (Phi) is 7.69. The van der Waals surface area contributed by atoms with Crippen molar-refractivity contribution in [3.63, 3.8) is 0 Å². The molecule has 0 saturated heterocycles. The Labute approximate surface area is 170 Å². The molecule has 2 rings (SSSR count). The first-order chi connectivity index (χ1) is 13.6. The Morgan fingerprint density at radius 3 is 2.62 bits per heavy atom. The molecule has 0 aliphatic carbocycles. The molecule has 1 aromatic carbocycles. The van der Waals surface area contributed by atoms with Crippen LogP contribution >= 0.6 is 0 Å². The zero-order valence-electron chi connectivity index (χ0n) is 17.2. The van der Waals surface area contributed by atoms with Crippen molar-refractivity contribution in [2.75, 3.05) is 19.9 Å². The second-order valence-electron chi connectivity index (χ2n) is 7.59. The molecule has 160 valence electrons. The van der Waals surface area contributed by atoms with Crippen molar-refractivity contribution in [1.82, 2.24) is 10.6 Å². The van der Waals surface area contributed by atoms with Crippen LogP contribution in [0, 0.1) is 0 Å². The fourth-order valence-corrected chi connectivity index (χ4v) is 2.50. The van der Waals surface area contributed by atoms with Gasteiger partial charge >= 0.3 is 12.1 Å². The Morgan fingerprint density at radius 2 is 1.90 bits per heavy atom. The maximum atomic E-state index is 12.0. The molecule has 1 aromatic rings. The van der Waals surface area contributed by atoms with Crippen molar-refractivity contribution in [2.24, 2.45) is 0 Å². The SMILES string of the molecule is C[C@@H](NC(=O)COC(=O)CCCNC(=O)OC(C)(C)C)c1ccc2c(c1)OCO2. The van der Waals surface area contributed by atoms with Gasteiger partial charge in [0.15, 0.2) is 18.1 Å². The molecule has 1 heterocycles. The summed E-state index contributed by atoms with van der Waals surface area (Å²) < 4.78 is 20.6. The first-order valence-electron chi connectivity index (χ1n) is 9.45. The van der Waals surface area contributed by atoms with E-state index in [4.69, 9.17) is 18.9 Å². The van der Waals surface area contributed by atoms with Gasteiger partial charge in [-0.15, -0.1) is 0 Å². The number of hydrogen-bond acceptors (Lipinski definition) is 7. The maximum Gasteiger partial charge on any atom is 0.407 e. The molecule has 9 heteroatoms. The highest BCUT2D eigenvalue weighted by molar-refractivity contribution is 5.80. The van der Waals surface area contributed by atoms with E-state index in [9.17, 15) is 14.4 Å². The molecule has 9 nitrogen and oxygen atoms in total. The second kappa shape index (κ2) is 9.99. The van der Waals surface area contributed by atoms with Gasteiger partial charge in [0.1, 0.15) is 5.60 Å². The van der Waals surface area contributed by atoms with E-state index in [1.54, 1.807) is 32.9 Å². The van der Waals surface area contributed by atoms with E-state index in [1.807, 2.05) is 13.0 Å². The maximum absolute atomic E-state index is 12.0. The monoisotopic (exact) mass is 408 g/mol. The average molecular weight is 408 g/mol. The number of ether oxygens (including phenoxy) is 4. The molecule has 2 N–H and O–H groups in total. The van der Waals surface area contributed by atoms with Crippen LogP contribution in [0.1, 0.15) is 52.1 Å². The minimum absolute atomic E-state index is 0.0841. The normalized spacial score (nSPS) is 13.4. The fourth-order valence-electron chi connectivity index (χ4n) is 2.50. The summed E-state index contributed by atoms with van der Waals surface area (Å²) in [4.78, 5) is 35.2. The van der Waals surface area contributed by atoms with Crippen LogP contribution in [-0.4, -0.2) is 43.5 Å². The molecule has 1 aliphatic heterocycles. The van der Waals surface area contributed by atoms with Gasteiger partial charge in [-0.3, -0.25) is 9.59 Å². The predicted octanol–water partition coefficient (Wildman–Crippen LogP) is 2.44. The van der Waals surface area contributed by atoms with Crippen LogP contribution in [0.3, 0.4) is 0 Å². The molecule has 0 saturated carbocycles. The topological polar surface area (TPSA) is 112 Å². The lowest BCUT2D eigenvalue weighted by Crippen LogP contribution is -2.33. The van der Waals surface area contributed by atoms with Crippen LogP contribution in [0.15, 0.2) is 18.2 Å². The van der Waals surface area contributed by atoms with Crippen LogP contribution in [-0.2, 0) is 19.1 Å². The molecule has 0 fully saturated rings. The van der Waals surface area contributed by atoms with E-state index in [2.05, 4.69) is 10.6 Å². The van der Waals surface area contributed by atoms with Crippen LogP contribution in [0.25, 0.3) is 0 Å². The first-order valence-corrected chi connectivity index (χ1v) is 9.45. The predicted molar refractivity (Wildman–Crippen MR) is 104 cm³/mol. The van der Waals surface area contributed by atoms with Gasteiger partial charge in [-0.25, -0.2) is 4.79 Å². The number of fused-ring (bicyclic) bond motifs is 1.